The molecule has 6 heteroatoms. The van der Waals surface area contributed by atoms with Crippen LogP contribution < -0.4 is 0 Å². The van der Waals surface area contributed by atoms with E-state index in [4.69, 9.17) is 4.74 Å². The molecule has 0 spiro atoms. The Morgan fingerprint density at radius 1 is 1.08 bits per heavy atom. The second kappa shape index (κ2) is 6.78. The van der Waals surface area contributed by atoms with Crippen LogP contribution in [0, 0.1) is 5.92 Å². The van der Waals surface area contributed by atoms with Crippen molar-refractivity contribution in [1.29, 1.82) is 0 Å². The van der Waals surface area contributed by atoms with Gasteiger partial charge in [-0.2, -0.15) is 0 Å². The van der Waals surface area contributed by atoms with Gasteiger partial charge in [0.2, 0.25) is 0 Å². The van der Waals surface area contributed by atoms with Crippen LogP contribution in [0.1, 0.15) is 60.2 Å². The van der Waals surface area contributed by atoms with Gasteiger partial charge in [0.15, 0.2) is 11.9 Å². The number of nitrogens with zero attached hydrogens (tertiary/aromatic N) is 1. The molecule has 1 heterocycles. The number of hydrogen-bond donors (Lipinski definition) is 0. The minimum atomic E-state index is -1.04. The predicted molar refractivity (Wildman–Crippen MR) is 88.9 cm³/mol. The highest BCUT2D eigenvalue weighted by Crippen LogP contribution is 2.28. The predicted octanol–water partition coefficient (Wildman–Crippen LogP) is 2.36. The first-order valence-corrected chi connectivity index (χ1v) is 8.62. The molecule has 1 saturated carbocycles. The molecular weight excluding hydrogens is 322 g/mol. The molecule has 132 valence electrons. The average Bonchev–Trinajstić information content (AvgIpc) is 2.83. The molecule has 2 amide bonds. The second-order valence-corrected chi connectivity index (χ2v) is 6.85. The number of carbonyl (C=O) groups excluding carboxylic acids is 4. The number of amides is 2. The quantitative estimate of drug-likeness (QED) is 0.619. The van der Waals surface area contributed by atoms with E-state index in [0.717, 1.165) is 17.7 Å². The molecule has 1 aliphatic heterocycles. The van der Waals surface area contributed by atoms with Crippen LogP contribution in [0.5, 0.6) is 0 Å². The van der Waals surface area contributed by atoms with Crippen LogP contribution in [-0.2, 0) is 14.3 Å². The van der Waals surface area contributed by atoms with Gasteiger partial charge in [0.25, 0.3) is 11.8 Å². The SMILES string of the molecule is CC(C)[C@@H](C(=O)O[C@H]1CCCCC1=O)N1C(=O)c2ccccc2C1=O. The molecule has 1 aromatic carbocycles. The number of carbonyl (C=O) groups is 4. The smallest absolute Gasteiger partial charge is 0.330 e. The summed E-state index contributed by atoms with van der Waals surface area (Å²) in [4.78, 5) is 50.9. The van der Waals surface area contributed by atoms with Crippen molar-refractivity contribution < 1.29 is 23.9 Å². The summed E-state index contributed by atoms with van der Waals surface area (Å²) < 4.78 is 5.40. The van der Waals surface area contributed by atoms with Crippen LogP contribution in [0.4, 0.5) is 0 Å². The van der Waals surface area contributed by atoms with E-state index in [1.54, 1.807) is 38.1 Å². The zero-order valence-corrected chi connectivity index (χ0v) is 14.4. The first-order chi connectivity index (χ1) is 11.9. The number of hydrogen-bond acceptors (Lipinski definition) is 5. The van der Waals surface area contributed by atoms with Crippen LogP contribution in [0.25, 0.3) is 0 Å². The van der Waals surface area contributed by atoms with Crippen molar-refractivity contribution in [3.63, 3.8) is 0 Å². The lowest BCUT2D eigenvalue weighted by molar-refractivity contribution is -0.161. The molecule has 2 aliphatic rings. The Kier molecular flexibility index (Phi) is 4.70. The lowest BCUT2D eigenvalue weighted by Gasteiger charge is -2.30. The average molecular weight is 343 g/mol. The van der Waals surface area contributed by atoms with Crippen molar-refractivity contribution in [2.24, 2.45) is 5.92 Å². The minimum absolute atomic E-state index is 0.0931. The van der Waals surface area contributed by atoms with E-state index in [2.05, 4.69) is 0 Å². The first kappa shape index (κ1) is 17.3. The fourth-order valence-corrected chi connectivity index (χ4v) is 3.42. The maximum absolute atomic E-state index is 12.7. The third-order valence-electron chi connectivity index (χ3n) is 4.73. The number of benzene rings is 1. The summed E-state index contributed by atoms with van der Waals surface area (Å²) in [6.45, 7) is 3.50. The third kappa shape index (κ3) is 3.08. The van der Waals surface area contributed by atoms with Gasteiger partial charge in [0.1, 0.15) is 6.04 Å². The van der Waals surface area contributed by atoms with Crippen molar-refractivity contribution in [1.82, 2.24) is 4.90 Å². The number of rotatable bonds is 4. The molecule has 1 aliphatic carbocycles. The lowest BCUT2D eigenvalue weighted by Crippen LogP contribution is -2.50. The molecule has 0 unspecified atom stereocenters. The van der Waals surface area contributed by atoms with Crippen LogP contribution in [-0.4, -0.2) is 40.6 Å². The highest BCUT2D eigenvalue weighted by Gasteiger charge is 2.45. The fraction of sp³-hybridized carbons (Fsp3) is 0.474. The van der Waals surface area contributed by atoms with E-state index >= 15 is 0 Å². The summed E-state index contributed by atoms with van der Waals surface area (Å²) in [5, 5.41) is 0. The van der Waals surface area contributed by atoms with Crippen LogP contribution >= 0.6 is 0 Å². The molecule has 0 radical (unpaired) electrons. The summed E-state index contributed by atoms with van der Waals surface area (Å²) in [7, 11) is 0. The molecule has 25 heavy (non-hydrogen) atoms. The fourth-order valence-electron chi connectivity index (χ4n) is 3.42. The van der Waals surface area contributed by atoms with Gasteiger partial charge in [-0.15, -0.1) is 0 Å². The number of fused-ring (bicyclic) bond motifs is 1. The number of Topliss-reactive ketones (excluding diaryl/α,β-unsaturated/α-hetero) is 1. The standard InChI is InChI=1S/C19H21NO5/c1-11(2)16(19(24)25-15-10-6-5-9-14(15)21)20-17(22)12-7-3-4-8-13(12)18(20)23/h3-4,7-8,11,15-16H,5-6,9-10H2,1-2H3/t15-,16-/m0/s1. The molecule has 0 bridgehead atoms. The van der Waals surface area contributed by atoms with Crippen molar-refractivity contribution in [2.45, 2.75) is 51.7 Å². The largest absolute Gasteiger partial charge is 0.453 e. The third-order valence-corrected chi connectivity index (χ3v) is 4.73. The lowest BCUT2D eigenvalue weighted by atomic mass is 9.96. The van der Waals surface area contributed by atoms with Gasteiger partial charge in [-0.1, -0.05) is 26.0 Å². The monoisotopic (exact) mass is 343 g/mol. The second-order valence-electron chi connectivity index (χ2n) is 6.85. The van der Waals surface area contributed by atoms with Crippen molar-refractivity contribution in [3.05, 3.63) is 35.4 Å². The Morgan fingerprint density at radius 3 is 2.20 bits per heavy atom. The highest BCUT2D eigenvalue weighted by molar-refractivity contribution is 6.22. The van der Waals surface area contributed by atoms with Gasteiger partial charge in [-0.25, -0.2) is 4.79 Å². The summed E-state index contributed by atoms with van der Waals surface area (Å²) in [5.74, 6) is -2.10. The van der Waals surface area contributed by atoms with E-state index in [1.165, 1.54) is 0 Å². The van der Waals surface area contributed by atoms with Gasteiger partial charge in [0, 0.05) is 6.42 Å². The molecule has 0 saturated heterocycles. The molecule has 0 N–H and O–H groups in total. The van der Waals surface area contributed by atoms with E-state index < -0.39 is 29.9 Å². The molecular formula is C19H21NO5. The normalized spacial score (nSPS) is 21.5. The Morgan fingerprint density at radius 2 is 1.68 bits per heavy atom. The van der Waals surface area contributed by atoms with E-state index in [9.17, 15) is 19.2 Å². The van der Waals surface area contributed by atoms with E-state index in [-0.39, 0.29) is 11.7 Å². The van der Waals surface area contributed by atoms with Crippen LogP contribution in [0.2, 0.25) is 0 Å². The van der Waals surface area contributed by atoms with Crippen LogP contribution in [0.15, 0.2) is 24.3 Å². The molecule has 0 aromatic heterocycles. The van der Waals surface area contributed by atoms with E-state index in [1.807, 2.05) is 0 Å². The topological polar surface area (TPSA) is 80.8 Å². The minimum Gasteiger partial charge on any atom is -0.453 e. The summed E-state index contributed by atoms with van der Waals surface area (Å²) >= 11 is 0. The van der Waals surface area contributed by atoms with Crippen LogP contribution in [0.3, 0.4) is 0 Å². The zero-order chi connectivity index (χ0) is 18.1. The summed E-state index contributed by atoms with van der Waals surface area (Å²) in [5.41, 5.74) is 0.583. The molecule has 6 nitrogen and oxygen atoms in total. The Labute approximate surface area is 146 Å². The van der Waals surface area contributed by atoms with Crippen molar-refractivity contribution >= 4 is 23.6 Å². The van der Waals surface area contributed by atoms with Gasteiger partial charge in [0.05, 0.1) is 11.1 Å². The number of ketones is 1. The van der Waals surface area contributed by atoms with Crippen molar-refractivity contribution in [3.8, 4) is 0 Å². The Hall–Kier alpha value is -2.50. The zero-order valence-electron chi connectivity index (χ0n) is 14.4. The van der Waals surface area contributed by atoms with Gasteiger partial charge in [-0.05, 0) is 37.3 Å². The Bertz CT molecular complexity index is 704. The maximum Gasteiger partial charge on any atom is 0.330 e. The maximum atomic E-state index is 12.7. The number of imide groups is 1. The summed E-state index contributed by atoms with van der Waals surface area (Å²) in [6, 6.07) is 5.46. The number of esters is 1. The van der Waals surface area contributed by atoms with Crippen molar-refractivity contribution in [2.75, 3.05) is 0 Å². The van der Waals surface area contributed by atoms with Gasteiger partial charge < -0.3 is 4.74 Å². The molecule has 1 fully saturated rings. The molecule has 2 atom stereocenters. The highest BCUT2D eigenvalue weighted by atomic mass is 16.5. The first-order valence-electron chi connectivity index (χ1n) is 8.62. The molecule has 1 aromatic rings. The summed E-state index contributed by atoms with van der Waals surface area (Å²) in [6.07, 6.45) is 1.76. The number of ether oxygens (including phenoxy) is 1. The van der Waals surface area contributed by atoms with Gasteiger partial charge >= 0.3 is 5.97 Å². The van der Waals surface area contributed by atoms with Gasteiger partial charge in [-0.3, -0.25) is 19.3 Å². The van der Waals surface area contributed by atoms with E-state index in [0.29, 0.717) is 24.0 Å². The molecule has 3 rings (SSSR count). The Balaban J connectivity index is 1.84.